The monoisotopic (exact) mass is 343 g/mol. The molecule has 1 N–H and O–H groups in total. The van der Waals surface area contributed by atoms with E-state index in [-0.39, 0.29) is 0 Å². The SMILES string of the molecule is Oc1ccccc1C(c1ccccc1)(c1ccccc1)N1CCCCC1. The summed E-state index contributed by atoms with van der Waals surface area (Å²) in [5.41, 5.74) is 2.89. The second kappa shape index (κ2) is 7.35. The molecule has 0 aliphatic carbocycles. The van der Waals surface area contributed by atoms with Crippen LogP contribution >= 0.6 is 0 Å². The number of nitrogens with zero attached hydrogens (tertiary/aromatic N) is 1. The minimum absolute atomic E-state index is 0.353. The van der Waals surface area contributed by atoms with E-state index in [0.717, 1.165) is 18.7 Å². The van der Waals surface area contributed by atoms with Crippen molar-refractivity contribution in [2.75, 3.05) is 13.1 Å². The van der Waals surface area contributed by atoms with Crippen LogP contribution in [0.4, 0.5) is 0 Å². The molecule has 2 nitrogen and oxygen atoms in total. The number of benzene rings is 3. The first-order valence-electron chi connectivity index (χ1n) is 9.48. The summed E-state index contributed by atoms with van der Waals surface area (Å²) in [5.74, 6) is 0.353. The van der Waals surface area contributed by atoms with Gasteiger partial charge in [0.1, 0.15) is 11.3 Å². The fraction of sp³-hybridized carbons (Fsp3) is 0.250. The fourth-order valence-corrected chi connectivity index (χ4v) is 4.38. The molecular weight excluding hydrogens is 318 g/mol. The molecule has 26 heavy (non-hydrogen) atoms. The second-order valence-electron chi connectivity index (χ2n) is 7.01. The highest BCUT2D eigenvalue weighted by atomic mass is 16.3. The van der Waals surface area contributed by atoms with E-state index in [1.807, 2.05) is 12.1 Å². The molecular formula is C24H25NO. The Balaban J connectivity index is 2.05. The molecule has 0 bridgehead atoms. The first-order chi connectivity index (χ1) is 12.8. The van der Waals surface area contributed by atoms with Crippen molar-refractivity contribution in [3.8, 4) is 5.75 Å². The molecule has 4 rings (SSSR count). The summed E-state index contributed by atoms with van der Waals surface area (Å²) in [6, 6.07) is 29.0. The summed E-state index contributed by atoms with van der Waals surface area (Å²) in [6.07, 6.45) is 3.65. The lowest BCUT2D eigenvalue weighted by molar-refractivity contribution is 0.125. The smallest absolute Gasteiger partial charge is 0.121 e. The normalized spacial score (nSPS) is 15.7. The Morgan fingerprint density at radius 3 is 1.65 bits per heavy atom. The number of hydrogen-bond donors (Lipinski definition) is 1. The van der Waals surface area contributed by atoms with Crippen molar-refractivity contribution in [3.05, 3.63) is 102 Å². The van der Waals surface area contributed by atoms with Gasteiger partial charge in [0.05, 0.1) is 0 Å². The predicted octanol–water partition coefficient (Wildman–Crippen LogP) is 5.17. The van der Waals surface area contributed by atoms with Gasteiger partial charge in [-0.25, -0.2) is 0 Å². The summed E-state index contributed by atoms with van der Waals surface area (Å²) in [6.45, 7) is 2.05. The van der Waals surface area contributed by atoms with Gasteiger partial charge >= 0.3 is 0 Å². The predicted molar refractivity (Wildman–Crippen MR) is 106 cm³/mol. The average molecular weight is 343 g/mol. The number of piperidine rings is 1. The van der Waals surface area contributed by atoms with E-state index in [2.05, 4.69) is 71.6 Å². The van der Waals surface area contributed by atoms with E-state index in [1.165, 1.54) is 30.4 Å². The van der Waals surface area contributed by atoms with Gasteiger partial charge in [0.25, 0.3) is 0 Å². The van der Waals surface area contributed by atoms with E-state index >= 15 is 0 Å². The first kappa shape index (κ1) is 16.9. The number of likely N-dealkylation sites (tertiary alicyclic amines) is 1. The lowest BCUT2D eigenvalue weighted by atomic mass is 9.74. The summed E-state index contributed by atoms with van der Waals surface area (Å²) in [5, 5.41) is 10.9. The number of phenols is 1. The number of aromatic hydroxyl groups is 1. The van der Waals surface area contributed by atoms with Crippen LogP contribution in [0.25, 0.3) is 0 Å². The van der Waals surface area contributed by atoms with Crippen LogP contribution in [0.5, 0.6) is 5.75 Å². The van der Waals surface area contributed by atoms with Crippen LogP contribution in [-0.4, -0.2) is 23.1 Å². The molecule has 1 fully saturated rings. The van der Waals surface area contributed by atoms with Crippen molar-refractivity contribution < 1.29 is 5.11 Å². The molecule has 0 saturated carbocycles. The van der Waals surface area contributed by atoms with Gasteiger partial charge in [0, 0.05) is 5.56 Å². The Morgan fingerprint density at radius 2 is 1.12 bits per heavy atom. The van der Waals surface area contributed by atoms with Gasteiger partial charge in [-0.2, -0.15) is 0 Å². The van der Waals surface area contributed by atoms with Gasteiger partial charge in [0.2, 0.25) is 0 Å². The van der Waals surface area contributed by atoms with Crippen molar-refractivity contribution >= 4 is 0 Å². The molecule has 2 heteroatoms. The van der Waals surface area contributed by atoms with Crippen molar-refractivity contribution in [3.63, 3.8) is 0 Å². The molecule has 3 aromatic carbocycles. The third-order valence-corrected chi connectivity index (χ3v) is 5.51. The van der Waals surface area contributed by atoms with Crippen LogP contribution in [0.3, 0.4) is 0 Å². The Labute approximate surface area is 155 Å². The first-order valence-corrected chi connectivity index (χ1v) is 9.48. The van der Waals surface area contributed by atoms with Gasteiger partial charge < -0.3 is 5.11 Å². The summed E-state index contributed by atoms with van der Waals surface area (Å²) >= 11 is 0. The number of rotatable bonds is 4. The molecule has 3 aromatic rings. The number of para-hydroxylation sites is 1. The molecule has 0 unspecified atom stereocenters. The zero-order chi connectivity index (χ0) is 17.8. The van der Waals surface area contributed by atoms with E-state index < -0.39 is 5.54 Å². The Kier molecular flexibility index (Phi) is 4.77. The molecule has 1 saturated heterocycles. The molecule has 1 aliphatic heterocycles. The maximum Gasteiger partial charge on any atom is 0.121 e. The summed E-state index contributed by atoms with van der Waals surface area (Å²) < 4.78 is 0. The van der Waals surface area contributed by atoms with E-state index in [1.54, 1.807) is 6.07 Å². The van der Waals surface area contributed by atoms with Gasteiger partial charge in [0.15, 0.2) is 0 Å². The van der Waals surface area contributed by atoms with E-state index in [9.17, 15) is 5.11 Å². The highest BCUT2D eigenvalue weighted by molar-refractivity contribution is 5.54. The Morgan fingerprint density at radius 1 is 0.615 bits per heavy atom. The molecule has 0 amide bonds. The molecule has 1 aliphatic rings. The second-order valence-corrected chi connectivity index (χ2v) is 7.01. The Bertz CT molecular complexity index is 799. The molecule has 132 valence electrons. The molecule has 1 heterocycles. The molecule has 0 aromatic heterocycles. The average Bonchev–Trinajstić information content (AvgIpc) is 2.72. The van der Waals surface area contributed by atoms with Crippen molar-refractivity contribution in [1.29, 1.82) is 0 Å². The van der Waals surface area contributed by atoms with Gasteiger partial charge in [-0.1, -0.05) is 85.3 Å². The zero-order valence-corrected chi connectivity index (χ0v) is 15.0. The van der Waals surface area contributed by atoms with Crippen LogP contribution in [-0.2, 0) is 5.54 Å². The van der Waals surface area contributed by atoms with Crippen LogP contribution in [0, 0.1) is 0 Å². The van der Waals surface area contributed by atoms with E-state index in [4.69, 9.17) is 0 Å². The standard InChI is InChI=1S/C24H25NO/c26-23-17-9-8-16-22(23)24(20-12-4-1-5-13-20,21-14-6-2-7-15-21)25-18-10-3-11-19-25/h1-2,4-9,12-17,26H,3,10-11,18-19H2. The summed E-state index contributed by atoms with van der Waals surface area (Å²) in [4.78, 5) is 2.55. The van der Waals surface area contributed by atoms with Crippen molar-refractivity contribution in [2.45, 2.75) is 24.8 Å². The highest BCUT2D eigenvalue weighted by Crippen LogP contribution is 2.46. The minimum Gasteiger partial charge on any atom is -0.508 e. The van der Waals surface area contributed by atoms with Crippen LogP contribution in [0.1, 0.15) is 36.0 Å². The van der Waals surface area contributed by atoms with Crippen molar-refractivity contribution in [1.82, 2.24) is 4.90 Å². The fourth-order valence-electron chi connectivity index (χ4n) is 4.38. The maximum atomic E-state index is 10.9. The lowest BCUT2D eigenvalue weighted by Crippen LogP contribution is -2.50. The molecule has 0 atom stereocenters. The number of hydrogen-bond acceptors (Lipinski definition) is 2. The third-order valence-electron chi connectivity index (χ3n) is 5.51. The van der Waals surface area contributed by atoms with Crippen LogP contribution in [0.2, 0.25) is 0 Å². The number of phenolic OH excluding ortho intramolecular Hbond substituents is 1. The van der Waals surface area contributed by atoms with Crippen LogP contribution in [0.15, 0.2) is 84.9 Å². The quantitative estimate of drug-likeness (QED) is 0.661. The lowest BCUT2D eigenvalue weighted by Gasteiger charge is -2.47. The minimum atomic E-state index is -0.478. The largest absolute Gasteiger partial charge is 0.508 e. The van der Waals surface area contributed by atoms with Crippen LogP contribution < -0.4 is 0 Å². The zero-order valence-electron chi connectivity index (χ0n) is 15.0. The Hall–Kier alpha value is -2.58. The summed E-state index contributed by atoms with van der Waals surface area (Å²) in [7, 11) is 0. The van der Waals surface area contributed by atoms with Crippen molar-refractivity contribution in [2.24, 2.45) is 0 Å². The molecule has 0 spiro atoms. The third kappa shape index (κ3) is 2.81. The maximum absolute atomic E-state index is 10.9. The van der Waals surface area contributed by atoms with E-state index in [0.29, 0.717) is 5.75 Å². The highest BCUT2D eigenvalue weighted by Gasteiger charge is 2.43. The topological polar surface area (TPSA) is 23.5 Å². The van der Waals surface area contributed by atoms with Gasteiger partial charge in [-0.15, -0.1) is 0 Å². The van der Waals surface area contributed by atoms with Gasteiger partial charge in [-0.05, 0) is 43.1 Å². The molecule has 0 radical (unpaired) electrons. The van der Waals surface area contributed by atoms with Gasteiger partial charge in [-0.3, -0.25) is 4.90 Å².